The molecule has 0 fully saturated rings. The number of nitrogens with zero attached hydrogens (tertiary/aromatic N) is 2. The number of hydrogen-bond donors (Lipinski definition) is 1. The zero-order valence-electron chi connectivity index (χ0n) is 11.6. The average Bonchev–Trinajstić information content (AvgIpc) is 2.39. The highest BCUT2D eigenvalue weighted by Crippen LogP contribution is 2.23. The fourth-order valence-corrected chi connectivity index (χ4v) is 3.09. The highest BCUT2D eigenvalue weighted by atomic mass is 127. The van der Waals surface area contributed by atoms with E-state index in [1.807, 2.05) is 18.8 Å². The molecule has 5 heteroatoms. The van der Waals surface area contributed by atoms with Gasteiger partial charge in [-0.1, -0.05) is 27.2 Å². The lowest BCUT2D eigenvalue weighted by Crippen LogP contribution is -2.08. The van der Waals surface area contributed by atoms with Crippen LogP contribution in [0.4, 0.5) is 5.82 Å². The van der Waals surface area contributed by atoms with E-state index in [9.17, 15) is 0 Å². The summed E-state index contributed by atoms with van der Waals surface area (Å²) in [7, 11) is 1.92. The first kappa shape index (κ1) is 16.0. The van der Waals surface area contributed by atoms with Gasteiger partial charge < -0.3 is 5.32 Å². The number of aryl methyl sites for hydroxylation is 1. The zero-order chi connectivity index (χ0) is 13.5. The van der Waals surface area contributed by atoms with Crippen molar-refractivity contribution in [3.63, 3.8) is 0 Å². The van der Waals surface area contributed by atoms with Gasteiger partial charge in [-0.25, -0.2) is 9.97 Å². The smallest absolute Gasteiger partial charge is 0.143 e. The molecule has 1 heterocycles. The van der Waals surface area contributed by atoms with Crippen LogP contribution in [0.1, 0.15) is 45.1 Å². The Morgan fingerprint density at radius 2 is 2.06 bits per heavy atom. The normalized spacial score (nSPS) is 12.5. The van der Waals surface area contributed by atoms with Gasteiger partial charge in [0.05, 0.1) is 15.0 Å². The maximum atomic E-state index is 4.70. The third-order valence-corrected chi connectivity index (χ3v) is 5.22. The Balaban J connectivity index is 2.87. The second kappa shape index (κ2) is 8.19. The van der Waals surface area contributed by atoms with Crippen LogP contribution in [0.5, 0.6) is 0 Å². The van der Waals surface area contributed by atoms with E-state index in [-0.39, 0.29) is 0 Å². The van der Waals surface area contributed by atoms with Crippen LogP contribution < -0.4 is 5.32 Å². The molecule has 0 saturated heterocycles. The largest absolute Gasteiger partial charge is 0.372 e. The molecule has 0 aliphatic rings. The highest BCUT2D eigenvalue weighted by Gasteiger charge is 2.11. The van der Waals surface area contributed by atoms with Crippen molar-refractivity contribution < 1.29 is 0 Å². The molecule has 1 unspecified atom stereocenters. The Morgan fingerprint density at radius 1 is 1.33 bits per heavy atom. The van der Waals surface area contributed by atoms with Crippen molar-refractivity contribution in [1.29, 1.82) is 0 Å². The number of nitrogens with one attached hydrogen (secondary N) is 1. The predicted octanol–water partition coefficient (Wildman–Crippen LogP) is 4.11. The number of aromatic nitrogens is 2. The van der Waals surface area contributed by atoms with Gasteiger partial charge in [0, 0.05) is 12.3 Å². The molecule has 3 nitrogen and oxygen atoms in total. The van der Waals surface area contributed by atoms with Gasteiger partial charge in [0.15, 0.2) is 0 Å². The van der Waals surface area contributed by atoms with Gasteiger partial charge in [0.1, 0.15) is 11.6 Å². The lowest BCUT2D eigenvalue weighted by molar-refractivity contribution is 0.843. The van der Waals surface area contributed by atoms with Gasteiger partial charge in [-0.2, -0.15) is 11.8 Å². The molecule has 0 spiro atoms. The molecule has 1 aromatic heterocycles. The molecule has 1 atom stereocenters. The predicted molar refractivity (Wildman–Crippen MR) is 89.3 cm³/mol. The second-order valence-electron chi connectivity index (χ2n) is 4.28. The molecule has 0 saturated carbocycles. The molecular weight excluding hydrogens is 357 g/mol. The summed E-state index contributed by atoms with van der Waals surface area (Å²) in [6.07, 6.45) is 3.33. The van der Waals surface area contributed by atoms with E-state index < -0.39 is 0 Å². The fraction of sp³-hybridized carbons (Fsp3) is 0.692. The van der Waals surface area contributed by atoms with Crippen molar-refractivity contribution in [2.45, 2.75) is 51.0 Å². The van der Waals surface area contributed by atoms with E-state index in [0.717, 1.165) is 33.8 Å². The van der Waals surface area contributed by atoms with Gasteiger partial charge >= 0.3 is 0 Å². The van der Waals surface area contributed by atoms with E-state index >= 15 is 0 Å². The Bertz CT molecular complexity index is 385. The summed E-state index contributed by atoms with van der Waals surface area (Å²) >= 11 is 4.26. The molecule has 1 N–H and O–H groups in total. The summed E-state index contributed by atoms with van der Waals surface area (Å²) in [5.41, 5.74) is 1.18. The van der Waals surface area contributed by atoms with Crippen LogP contribution in [0, 0.1) is 3.57 Å². The van der Waals surface area contributed by atoms with Crippen LogP contribution in [0.15, 0.2) is 0 Å². The molecule has 0 radical (unpaired) electrons. The van der Waals surface area contributed by atoms with Gasteiger partial charge in [-0.05, 0) is 35.4 Å². The molecule has 0 amide bonds. The van der Waals surface area contributed by atoms with Gasteiger partial charge in [-0.15, -0.1) is 0 Å². The van der Waals surface area contributed by atoms with Crippen LogP contribution in [-0.2, 0) is 12.2 Å². The lowest BCUT2D eigenvalue weighted by Gasteiger charge is -2.12. The first-order valence-corrected chi connectivity index (χ1v) is 8.59. The van der Waals surface area contributed by atoms with Gasteiger partial charge in [0.25, 0.3) is 0 Å². The maximum absolute atomic E-state index is 4.70. The third-order valence-electron chi connectivity index (χ3n) is 2.76. The molecule has 18 heavy (non-hydrogen) atoms. The van der Waals surface area contributed by atoms with Crippen LogP contribution >= 0.6 is 34.4 Å². The number of thioether (sulfide) groups is 1. The summed E-state index contributed by atoms with van der Waals surface area (Å²) in [6, 6.07) is 0. The van der Waals surface area contributed by atoms with E-state index in [1.165, 1.54) is 12.1 Å². The summed E-state index contributed by atoms with van der Waals surface area (Å²) in [5, 5.41) is 3.84. The van der Waals surface area contributed by atoms with Crippen LogP contribution in [0.2, 0.25) is 0 Å². The van der Waals surface area contributed by atoms with Crippen molar-refractivity contribution >= 4 is 40.2 Å². The van der Waals surface area contributed by atoms with Crippen molar-refractivity contribution in [1.82, 2.24) is 9.97 Å². The molecule has 0 bridgehead atoms. The quantitative estimate of drug-likeness (QED) is 0.724. The molecule has 1 rings (SSSR count). The van der Waals surface area contributed by atoms with Gasteiger partial charge in [0.2, 0.25) is 0 Å². The van der Waals surface area contributed by atoms with Crippen molar-refractivity contribution in [2.75, 3.05) is 12.4 Å². The zero-order valence-corrected chi connectivity index (χ0v) is 14.6. The second-order valence-corrected chi connectivity index (χ2v) is 6.78. The van der Waals surface area contributed by atoms with E-state index in [4.69, 9.17) is 4.98 Å². The molecule has 1 aromatic rings. The maximum Gasteiger partial charge on any atom is 0.143 e. The summed E-state index contributed by atoms with van der Waals surface area (Å²) in [4.78, 5) is 9.29. The monoisotopic (exact) mass is 379 g/mol. The summed E-state index contributed by atoms with van der Waals surface area (Å²) in [6.45, 7) is 6.65. The molecular formula is C13H22IN3S. The van der Waals surface area contributed by atoms with E-state index in [0.29, 0.717) is 5.25 Å². The van der Waals surface area contributed by atoms with Gasteiger partial charge in [-0.3, -0.25) is 0 Å². The first-order chi connectivity index (χ1) is 8.62. The van der Waals surface area contributed by atoms with Crippen molar-refractivity contribution in [3.8, 4) is 0 Å². The average molecular weight is 379 g/mol. The Morgan fingerprint density at radius 3 is 2.61 bits per heavy atom. The van der Waals surface area contributed by atoms with E-state index in [1.54, 1.807) is 0 Å². The lowest BCUT2D eigenvalue weighted by atomic mass is 10.2. The fourth-order valence-electron chi connectivity index (χ4n) is 1.51. The Hall–Kier alpha value is -0.0400. The Labute approximate surface area is 128 Å². The SMILES string of the molecule is CCCc1nc(CSC(C)CC)nc(NC)c1I. The minimum atomic E-state index is 0.667. The molecule has 0 aliphatic heterocycles. The van der Waals surface area contributed by atoms with Crippen LogP contribution in [0.25, 0.3) is 0 Å². The number of anilines is 1. The molecule has 0 aliphatic carbocycles. The highest BCUT2D eigenvalue weighted by molar-refractivity contribution is 14.1. The standard InChI is InChI=1S/C13H22IN3S/c1-5-7-10-12(14)13(15-4)17-11(16-10)8-18-9(3)6-2/h9H,5-8H2,1-4H3,(H,15,16,17). The third kappa shape index (κ3) is 4.57. The van der Waals surface area contributed by atoms with E-state index in [2.05, 4.69) is 53.7 Å². The molecule has 0 aromatic carbocycles. The number of hydrogen-bond acceptors (Lipinski definition) is 4. The summed E-state index contributed by atoms with van der Waals surface area (Å²) < 4.78 is 1.16. The minimum absolute atomic E-state index is 0.667. The van der Waals surface area contributed by atoms with Crippen molar-refractivity contribution in [3.05, 3.63) is 15.1 Å². The van der Waals surface area contributed by atoms with Crippen LogP contribution in [-0.4, -0.2) is 22.3 Å². The Kier molecular flexibility index (Phi) is 7.29. The topological polar surface area (TPSA) is 37.8 Å². The minimum Gasteiger partial charge on any atom is -0.372 e. The summed E-state index contributed by atoms with van der Waals surface area (Å²) in [5.74, 6) is 2.82. The first-order valence-electron chi connectivity index (χ1n) is 6.46. The number of halogens is 1. The van der Waals surface area contributed by atoms with Crippen LogP contribution in [0.3, 0.4) is 0 Å². The number of rotatable bonds is 7. The molecule has 102 valence electrons. The van der Waals surface area contributed by atoms with Crippen molar-refractivity contribution in [2.24, 2.45) is 0 Å².